The summed E-state index contributed by atoms with van der Waals surface area (Å²) in [5.74, 6) is 0.963. The molecule has 0 amide bonds. The highest BCUT2D eigenvalue weighted by atomic mass is 16.1. The molecule has 1 unspecified atom stereocenters. The van der Waals surface area contributed by atoms with Crippen molar-refractivity contribution in [3.63, 3.8) is 0 Å². The Bertz CT molecular complexity index is 242. The lowest BCUT2D eigenvalue weighted by Gasteiger charge is -2.07. The maximum Gasteiger partial charge on any atom is 0.142 e. The van der Waals surface area contributed by atoms with Gasteiger partial charge in [0.25, 0.3) is 0 Å². The summed E-state index contributed by atoms with van der Waals surface area (Å²) in [6, 6.07) is -0.0903. The van der Waals surface area contributed by atoms with E-state index in [0.29, 0.717) is 0 Å². The Balaban J connectivity index is 2.91. The number of aryl methyl sites for hydroxylation is 1. The van der Waals surface area contributed by atoms with E-state index in [4.69, 9.17) is 0 Å². The number of carbonyl (C=O) groups excluding carboxylic acids is 1. The van der Waals surface area contributed by atoms with Gasteiger partial charge in [-0.15, -0.1) is 0 Å². The molecule has 1 aromatic rings. The van der Waals surface area contributed by atoms with Crippen LogP contribution in [0.2, 0.25) is 0 Å². The van der Waals surface area contributed by atoms with Crippen molar-refractivity contribution in [3.8, 4) is 0 Å². The predicted octanol–water partition coefficient (Wildman–Crippen LogP) is 1.21. The first-order chi connectivity index (χ1) is 5.29. The molecule has 0 N–H and O–H groups in total. The Morgan fingerprint density at radius 2 is 2.55 bits per heavy atom. The number of hydrogen-bond acceptors (Lipinski definition) is 2. The molecule has 3 heteroatoms. The summed E-state index contributed by atoms with van der Waals surface area (Å²) >= 11 is 0. The molecule has 1 heterocycles. The second-order valence-corrected chi connectivity index (χ2v) is 2.48. The summed E-state index contributed by atoms with van der Waals surface area (Å²) < 4.78 is 1.88. The molecular formula is C8H12N2O. The van der Waals surface area contributed by atoms with Crippen molar-refractivity contribution < 1.29 is 4.79 Å². The summed E-state index contributed by atoms with van der Waals surface area (Å²) in [6.07, 6.45) is 5.34. The highest BCUT2D eigenvalue weighted by molar-refractivity contribution is 5.55. The van der Waals surface area contributed by atoms with E-state index < -0.39 is 0 Å². The number of nitrogens with zero attached hydrogens (tertiary/aromatic N) is 2. The van der Waals surface area contributed by atoms with Gasteiger partial charge in [-0.2, -0.15) is 0 Å². The van der Waals surface area contributed by atoms with Crippen LogP contribution in [0.5, 0.6) is 0 Å². The molecule has 0 fully saturated rings. The third-order valence-electron chi connectivity index (χ3n) is 1.70. The van der Waals surface area contributed by atoms with Crippen LogP contribution >= 0.6 is 0 Å². The Hall–Kier alpha value is -1.12. The molecule has 0 aliphatic heterocycles. The molecule has 0 radical (unpaired) electrons. The van der Waals surface area contributed by atoms with Gasteiger partial charge in [-0.05, 0) is 6.92 Å². The minimum atomic E-state index is -0.0903. The molecule has 0 saturated carbocycles. The van der Waals surface area contributed by atoms with Crippen LogP contribution in [0.1, 0.15) is 25.7 Å². The Morgan fingerprint density at radius 1 is 1.82 bits per heavy atom. The van der Waals surface area contributed by atoms with Crippen molar-refractivity contribution in [1.29, 1.82) is 0 Å². The van der Waals surface area contributed by atoms with Crippen LogP contribution in [-0.2, 0) is 11.2 Å². The van der Waals surface area contributed by atoms with Gasteiger partial charge in [-0.1, -0.05) is 6.92 Å². The van der Waals surface area contributed by atoms with E-state index in [1.807, 2.05) is 24.6 Å². The number of carbonyl (C=O) groups is 1. The third kappa shape index (κ3) is 1.48. The second-order valence-electron chi connectivity index (χ2n) is 2.48. The second kappa shape index (κ2) is 3.32. The third-order valence-corrected chi connectivity index (χ3v) is 1.70. The van der Waals surface area contributed by atoms with Gasteiger partial charge in [0.2, 0.25) is 0 Å². The minimum Gasteiger partial charge on any atom is -0.325 e. The van der Waals surface area contributed by atoms with Gasteiger partial charge < -0.3 is 9.36 Å². The number of hydrogen-bond donors (Lipinski definition) is 0. The van der Waals surface area contributed by atoms with Gasteiger partial charge in [0.15, 0.2) is 0 Å². The molecule has 1 rings (SSSR count). The molecule has 0 spiro atoms. The smallest absolute Gasteiger partial charge is 0.142 e. The molecule has 60 valence electrons. The highest BCUT2D eigenvalue weighted by Crippen LogP contribution is 2.06. The van der Waals surface area contributed by atoms with Crippen LogP contribution in [0, 0.1) is 0 Å². The first-order valence-corrected chi connectivity index (χ1v) is 3.76. The predicted molar refractivity (Wildman–Crippen MR) is 42.4 cm³/mol. The standard InChI is InChI=1S/C8H12N2O/c1-3-8-9-4-5-10(8)7(2)6-11/h4-7H,3H2,1-2H3. The molecule has 11 heavy (non-hydrogen) atoms. The van der Waals surface area contributed by atoms with Crippen molar-refractivity contribution in [2.24, 2.45) is 0 Å². The van der Waals surface area contributed by atoms with Crippen molar-refractivity contribution in [2.45, 2.75) is 26.3 Å². The Labute approximate surface area is 66.1 Å². The van der Waals surface area contributed by atoms with Crippen molar-refractivity contribution >= 4 is 6.29 Å². The topological polar surface area (TPSA) is 34.9 Å². The fourth-order valence-corrected chi connectivity index (χ4v) is 1.05. The zero-order valence-corrected chi connectivity index (χ0v) is 6.82. The first kappa shape index (κ1) is 7.98. The fraction of sp³-hybridized carbons (Fsp3) is 0.500. The molecule has 3 nitrogen and oxygen atoms in total. The highest BCUT2D eigenvalue weighted by Gasteiger charge is 2.05. The van der Waals surface area contributed by atoms with Gasteiger partial charge in [-0.25, -0.2) is 4.98 Å². The molecule has 0 aromatic carbocycles. The Morgan fingerprint density at radius 3 is 3.09 bits per heavy atom. The molecule has 0 aliphatic carbocycles. The average Bonchev–Trinajstić information content (AvgIpc) is 2.50. The number of imidazole rings is 1. The van der Waals surface area contributed by atoms with E-state index in [-0.39, 0.29) is 6.04 Å². The van der Waals surface area contributed by atoms with Crippen LogP contribution in [0.4, 0.5) is 0 Å². The number of aromatic nitrogens is 2. The summed E-state index contributed by atoms with van der Waals surface area (Å²) in [6.45, 7) is 3.88. The van der Waals surface area contributed by atoms with E-state index in [0.717, 1.165) is 18.5 Å². The first-order valence-electron chi connectivity index (χ1n) is 3.76. The van der Waals surface area contributed by atoms with Crippen LogP contribution in [-0.4, -0.2) is 15.8 Å². The van der Waals surface area contributed by atoms with Gasteiger partial charge in [0.1, 0.15) is 12.1 Å². The largest absolute Gasteiger partial charge is 0.325 e. The van der Waals surface area contributed by atoms with E-state index in [2.05, 4.69) is 4.98 Å². The summed E-state index contributed by atoms with van der Waals surface area (Å²) in [5.41, 5.74) is 0. The lowest BCUT2D eigenvalue weighted by molar-refractivity contribution is -0.110. The zero-order chi connectivity index (χ0) is 8.27. The van der Waals surface area contributed by atoms with E-state index in [1.165, 1.54) is 0 Å². The van der Waals surface area contributed by atoms with Gasteiger partial charge in [-0.3, -0.25) is 0 Å². The monoisotopic (exact) mass is 152 g/mol. The van der Waals surface area contributed by atoms with E-state index >= 15 is 0 Å². The molecule has 1 aromatic heterocycles. The van der Waals surface area contributed by atoms with Crippen LogP contribution in [0.25, 0.3) is 0 Å². The van der Waals surface area contributed by atoms with Crippen molar-refractivity contribution in [1.82, 2.24) is 9.55 Å². The zero-order valence-electron chi connectivity index (χ0n) is 6.82. The molecule has 0 bridgehead atoms. The van der Waals surface area contributed by atoms with Crippen LogP contribution in [0.3, 0.4) is 0 Å². The Kier molecular flexibility index (Phi) is 2.41. The van der Waals surface area contributed by atoms with Crippen LogP contribution in [0.15, 0.2) is 12.4 Å². The lowest BCUT2D eigenvalue weighted by atomic mass is 10.3. The SMILES string of the molecule is CCc1nccn1C(C)C=O. The van der Waals surface area contributed by atoms with Crippen LogP contribution < -0.4 is 0 Å². The molecule has 0 aliphatic rings. The van der Waals surface area contributed by atoms with E-state index in [1.54, 1.807) is 6.20 Å². The summed E-state index contributed by atoms with van der Waals surface area (Å²) in [7, 11) is 0. The molecule has 1 atom stereocenters. The van der Waals surface area contributed by atoms with Gasteiger partial charge in [0, 0.05) is 18.8 Å². The molecule has 0 saturated heterocycles. The number of aldehydes is 1. The van der Waals surface area contributed by atoms with Crippen molar-refractivity contribution in [2.75, 3.05) is 0 Å². The summed E-state index contributed by atoms with van der Waals surface area (Å²) in [5, 5.41) is 0. The van der Waals surface area contributed by atoms with E-state index in [9.17, 15) is 4.79 Å². The van der Waals surface area contributed by atoms with Crippen molar-refractivity contribution in [3.05, 3.63) is 18.2 Å². The number of rotatable bonds is 3. The maximum atomic E-state index is 10.4. The maximum absolute atomic E-state index is 10.4. The summed E-state index contributed by atoms with van der Waals surface area (Å²) in [4.78, 5) is 14.5. The quantitative estimate of drug-likeness (QED) is 0.610. The van der Waals surface area contributed by atoms with Gasteiger partial charge in [0.05, 0.1) is 6.04 Å². The fourth-order valence-electron chi connectivity index (χ4n) is 1.05. The minimum absolute atomic E-state index is 0.0903. The normalized spacial score (nSPS) is 12.9. The average molecular weight is 152 g/mol. The molecular weight excluding hydrogens is 140 g/mol. The lowest BCUT2D eigenvalue weighted by Crippen LogP contribution is -2.08. The van der Waals surface area contributed by atoms with Gasteiger partial charge >= 0.3 is 0 Å².